The Kier molecular flexibility index (Phi) is 3.61. The summed E-state index contributed by atoms with van der Waals surface area (Å²) in [6.45, 7) is 0. The molecule has 1 N–H and O–H groups in total. The normalized spacial score (nSPS) is 17.8. The summed E-state index contributed by atoms with van der Waals surface area (Å²) in [5, 5.41) is 3.65. The van der Waals surface area contributed by atoms with Crippen molar-refractivity contribution in [2.45, 2.75) is 11.1 Å². The van der Waals surface area contributed by atoms with E-state index in [4.69, 9.17) is 11.6 Å². The number of halogens is 1. The summed E-state index contributed by atoms with van der Waals surface area (Å²) in [6.07, 6.45) is 2.69. The fraction of sp³-hybridized carbons (Fsp3) is 0.0667. The molecule has 1 heterocycles. The van der Waals surface area contributed by atoms with Gasteiger partial charge in [-0.3, -0.25) is 0 Å². The molecule has 4 nitrogen and oxygen atoms in total. The maximum absolute atomic E-state index is 12.7. The molecule has 21 heavy (non-hydrogen) atoms. The van der Waals surface area contributed by atoms with Gasteiger partial charge in [0.05, 0.1) is 4.90 Å². The van der Waals surface area contributed by atoms with Gasteiger partial charge in [-0.25, -0.2) is 12.7 Å². The minimum Gasteiger partial charge on any atom is -0.365 e. The van der Waals surface area contributed by atoms with Crippen LogP contribution < -0.4 is 5.32 Å². The molecule has 0 amide bonds. The van der Waals surface area contributed by atoms with Gasteiger partial charge in [0.2, 0.25) is 0 Å². The monoisotopic (exact) mass is 320 g/mol. The lowest BCUT2D eigenvalue weighted by Gasteiger charge is -2.25. The van der Waals surface area contributed by atoms with Gasteiger partial charge in [0.15, 0.2) is 0 Å². The lowest BCUT2D eigenvalue weighted by Crippen LogP contribution is -2.32. The summed E-state index contributed by atoms with van der Waals surface area (Å²) in [5.74, 6) is 0. The van der Waals surface area contributed by atoms with Crippen LogP contribution in [0.1, 0.15) is 11.7 Å². The van der Waals surface area contributed by atoms with E-state index < -0.39 is 16.2 Å². The van der Waals surface area contributed by atoms with Gasteiger partial charge >= 0.3 is 0 Å². The fourth-order valence-corrected chi connectivity index (χ4v) is 3.74. The third-order valence-corrected chi connectivity index (χ3v) is 5.24. The number of sulfonamides is 1. The van der Waals surface area contributed by atoms with Gasteiger partial charge in [-0.1, -0.05) is 41.9 Å². The summed E-state index contributed by atoms with van der Waals surface area (Å²) in [5.41, 5.74) is 0.823. The van der Waals surface area contributed by atoms with Crippen LogP contribution in [0, 0.1) is 0 Å². The Morgan fingerprint density at radius 2 is 1.67 bits per heavy atom. The zero-order valence-corrected chi connectivity index (χ0v) is 12.6. The van der Waals surface area contributed by atoms with Crippen LogP contribution in [-0.2, 0) is 10.0 Å². The van der Waals surface area contributed by atoms with Crippen molar-refractivity contribution in [2.75, 3.05) is 0 Å². The second-order valence-corrected chi connectivity index (χ2v) is 6.86. The molecule has 0 aliphatic carbocycles. The Morgan fingerprint density at radius 3 is 2.33 bits per heavy atom. The van der Waals surface area contributed by atoms with Crippen LogP contribution in [0.3, 0.4) is 0 Å². The van der Waals surface area contributed by atoms with Gasteiger partial charge in [-0.15, -0.1) is 0 Å². The van der Waals surface area contributed by atoms with E-state index in [1.165, 1.54) is 10.5 Å². The quantitative estimate of drug-likeness (QED) is 0.945. The van der Waals surface area contributed by atoms with Crippen molar-refractivity contribution in [3.8, 4) is 0 Å². The highest BCUT2D eigenvalue weighted by Crippen LogP contribution is 2.29. The predicted molar refractivity (Wildman–Crippen MR) is 81.9 cm³/mol. The van der Waals surface area contributed by atoms with E-state index in [9.17, 15) is 8.42 Å². The number of benzene rings is 2. The standard InChI is InChI=1S/C15H13ClN2O2S/c16-13-8-6-12(7-9-13)15-17-10-11-18(15)21(19,20)14-4-2-1-3-5-14/h1-11,15,17H. The number of nitrogens with zero attached hydrogens (tertiary/aromatic N) is 1. The van der Waals surface area contributed by atoms with Crippen LogP contribution in [0.4, 0.5) is 0 Å². The first-order chi connectivity index (χ1) is 10.1. The molecule has 1 atom stereocenters. The van der Waals surface area contributed by atoms with E-state index in [1.54, 1.807) is 60.8 Å². The Labute approximate surface area is 128 Å². The molecule has 0 saturated carbocycles. The maximum atomic E-state index is 12.7. The van der Waals surface area contributed by atoms with Crippen LogP contribution in [0.15, 0.2) is 71.9 Å². The van der Waals surface area contributed by atoms with E-state index >= 15 is 0 Å². The summed E-state index contributed by atoms with van der Waals surface area (Å²) < 4.78 is 26.7. The molecule has 2 aromatic carbocycles. The highest BCUT2D eigenvalue weighted by Gasteiger charge is 2.31. The minimum atomic E-state index is -3.60. The van der Waals surface area contributed by atoms with Crippen molar-refractivity contribution in [2.24, 2.45) is 0 Å². The SMILES string of the molecule is O=S(=O)(c1ccccc1)N1C=CNC1c1ccc(Cl)cc1. The molecule has 0 fully saturated rings. The highest BCUT2D eigenvalue weighted by molar-refractivity contribution is 7.89. The molecule has 1 aliphatic heterocycles. The third kappa shape index (κ3) is 2.62. The first kappa shape index (κ1) is 14.0. The topological polar surface area (TPSA) is 49.4 Å². The average Bonchev–Trinajstić information content (AvgIpc) is 2.99. The van der Waals surface area contributed by atoms with Gasteiger partial charge < -0.3 is 5.32 Å². The average molecular weight is 321 g/mol. The third-order valence-electron chi connectivity index (χ3n) is 3.23. The van der Waals surface area contributed by atoms with Crippen LogP contribution in [0.25, 0.3) is 0 Å². The molecule has 0 bridgehead atoms. The van der Waals surface area contributed by atoms with E-state index in [0.29, 0.717) is 5.02 Å². The molecule has 3 rings (SSSR count). The molecule has 2 aromatic rings. The van der Waals surface area contributed by atoms with Crippen molar-refractivity contribution in [1.29, 1.82) is 0 Å². The summed E-state index contributed by atoms with van der Waals surface area (Å²) in [6, 6.07) is 15.5. The molecule has 1 unspecified atom stereocenters. The Hall–Kier alpha value is -1.98. The second-order valence-electron chi connectivity index (χ2n) is 4.58. The number of hydrogen-bond acceptors (Lipinski definition) is 3. The smallest absolute Gasteiger partial charge is 0.265 e. The highest BCUT2D eigenvalue weighted by atomic mass is 35.5. The summed E-state index contributed by atoms with van der Waals surface area (Å²) in [4.78, 5) is 0.261. The van der Waals surface area contributed by atoms with Gasteiger partial charge in [0.25, 0.3) is 10.0 Å². The molecule has 108 valence electrons. The lowest BCUT2D eigenvalue weighted by molar-refractivity contribution is 0.407. The number of nitrogens with one attached hydrogen (secondary N) is 1. The largest absolute Gasteiger partial charge is 0.365 e. The molecular weight excluding hydrogens is 308 g/mol. The predicted octanol–water partition coefficient (Wildman–Crippen LogP) is 3.10. The molecule has 0 radical (unpaired) electrons. The van der Waals surface area contributed by atoms with Gasteiger partial charge in [0.1, 0.15) is 6.17 Å². The fourth-order valence-electron chi connectivity index (χ4n) is 2.19. The Bertz CT molecular complexity index is 758. The Morgan fingerprint density at radius 1 is 1.00 bits per heavy atom. The van der Waals surface area contributed by atoms with Crippen LogP contribution >= 0.6 is 11.6 Å². The first-order valence-corrected chi connectivity index (χ1v) is 8.17. The van der Waals surface area contributed by atoms with E-state index in [1.807, 2.05) is 0 Å². The van der Waals surface area contributed by atoms with Crippen molar-refractivity contribution in [3.63, 3.8) is 0 Å². The van der Waals surface area contributed by atoms with Crippen molar-refractivity contribution < 1.29 is 8.42 Å². The van der Waals surface area contributed by atoms with Crippen molar-refractivity contribution in [1.82, 2.24) is 9.62 Å². The Balaban J connectivity index is 1.97. The first-order valence-electron chi connectivity index (χ1n) is 6.36. The van der Waals surface area contributed by atoms with E-state index in [0.717, 1.165) is 5.56 Å². The maximum Gasteiger partial charge on any atom is 0.265 e. The molecule has 1 aliphatic rings. The number of hydrogen-bond donors (Lipinski definition) is 1. The van der Waals surface area contributed by atoms with Gasteiger partial charge in [0, 0.05) is 17.4 Å². The lowest BCUT2D eigenvalue weighted by atomic mass is 10.2. The zero-order valence-electron chi connectivity index (χ0n) is 11.0. The van der Waals surface area contributed by atoms with Gasteiger partial charge in [-0.05, 0) is 29.8 Å². The summed E-state index contributed by atoms with van der Waals surface area (Å²) >= 11 is 5.87. The van der Waals surface area contributed by atoms with Crippen molar-refractivity contribution in [3.05, 3.63) is 77.6 Å². The number of rotatable bonds is 3. The summed E-state index contributed by atoms with van der Waals surface area (Å²) in [7, 11) is -3.60. The molecule has 6 heteroatoms. The molecular formula is C15H13ClN2O2S. The van der Waals surface area contributed by atoms with E-state index in [2.05, 4.69) is 5.32 Å². The van der Waals surface area contributed by atoms with Crippen LogP contribution in [0.5, 0.6) is 0 Å². The molecule has 0 saturated heterocycles. The molecule has 0 spiro atoms. The van der Waals surface area contributed by atoms with Crippen LogP contribution in [0.2, 0.25) is 5.02 Å². The molecule has 0 aromatic heterocycles. The van der Waals surface area contributed by atoms with Crippen molar-refractivity contribution >= 4 is 21.6 Å². The zero-order chi connectivity index (χ0) is 14.9. The minimum absolute atomic E-state index is 0.261. The van der Waals surface area contributed by atoms with Crippen LogP contribution in [-0.4, -0.2) is 12.7 Å². The van der Waals surface area contributed by atoms with E-state index in [-0.39, 0.29) is 4.90 Å². The second kappa shape index (κ2) is 5.42. The van der Waals surface area contributed by atoms with Gasteiger partial charge in [-0.2, -0.15) is 0 Å².